The summed E-state index contributed by atoms with van der Waals surface area (Å²) >= 11 is 1.51. The molecule has 0 aromatic carbocycles. The molecule has 6 heteroatoms. The number of aryl methyl sites for hydroxylation is 1. The predicted molar refractivity (Wildman–Crippen MR) is 77.2 cm³/mol. The van der Waals surface area contributed by atoms with Gasteiger partial charge in [0, 0.05) is 17.5 Å². The zero-order valence-corrected chi connectivity index (χ0v) is 12.0. The van der Waals surface area contributed by atoms with Crippen molar-refractivity contribution in [2.24, 2.45) is 0 Å². The van der Waals surface area contributed by atoms with Gasteiger partial charge in [-0.25, -0.2) is 4.98 Å². The Hall–Kier alpha value is -1.82. The minimum absolute atomic E-state index is 0.0127. The van der Waals surface area contributed by atoms with E-state index in [1.54, 1.807) is 19.5 Å². The number of hydrogen-bond donors (Lipinski definition) is 1. The molecule has 0 fully saturated rings. The third-order valence-corrected chi connectivity index (χ3v) is 4.25. The van der Waals surface area contributed by atoms with Crippen molar-refractivity contribution in [1.82, 2.24) is 15.0 Å². The number of ether oxygens (including phenoxy) is 1. The average Bonchev–Trinajstić information content (AvgIpc) is 2.94. The Morgan fingerprint density at radius 2 is 2.30 bits per heavy atom. The van der Waals surface area contributed by atoms with Crippen molar-refractivity contribution in [2.45, 2.75) is 30.2 Å². The molecule has 1 aliphatic carbocycles. The number of thioether (sulfide) groups is 1. The predicted octanol–water partition coefficient (Wildman–Crippen LogP) is 1.95. The van der Waals surface area contributed by atoms with Crippen LogP contribution >= 0.6 is 11.8 Å². The molecule has 0 amide bonds. The fourth-order valence-corrected chi connectivity index (χ4v) is 3.09. The van der Waals surface area contributed by atoms with Gasteiger partial charge in [0.05, 0.1) is 19.0 Å². The number of pyridine rings is 1. The van der Waals surface area contributed by atoms with E-state index in [1.165, 1.54) is 11.8 Å². The van der Waals surface area contributed by atoms with Crippen LogP contribution in [0.1, 0.15) is 23.2 Å². The van der Waals surface area contributed by atoms with Gasteiger partial charge in [0.15, 0.2) is 5.16 Å². The lowest BCUT2D eigenvalue weighted by molar-refractivity contribution is 0.412. The molecule has 0 atom stereocenters. The zero-order valence-electron chi connectivity index (χ0n) is 11.2. The molecular weight excluding hydrogens is 274 g/mol. The number of nitrogens with zero attached hydrogens (tertiary/aromatic N) is 2. The third kappa shape index (κ3) is 2.70. The SMILES string of the molecule is COc1cncc(CSc2nc3c(c(=O)[nH]2)CCC3)c1. The van der Waals surface area contributed by atoms with Gasteiger partial charge >= 0.3 is 0 Å². The Morgan fingerprint density at radius 1 is 1.40 bits per heavy atom. The average molecular weight is 289 g/mol. The summed E-state index contributed by atoms with van der Waals surface area (Å²) in [6.45, 7) is 0. The molecule has 5 nitrogen and oxygen atoms in total. The van der Waals surface area contributed by atoms with Crippen molar-refractivity contribution >= 4 is 11.8 Å². The first-order valence-corrected chi connectivity index (χ1v) is 7.47. The van der Waals surface area contributed by atoms with Gasteiger partial charge in [-0.2, -0.15) is 0 Å². The number of hydrogen-bond acceptors (Lipinski definition) is 5. The molecule has 3 rings (SSSR count). The molecule has 0 aliphatic heterocycles. The summed E-state index contributed by atoms with van der Waals surface area (Å²) in [5.74, 6) is 1.44. The molecule has 104 valence electrons. The number of aromatic nitrogens is 3. The Kier molecular flexibility index (Phi) is 3.73. The first-order chi connectivity index (χ1) is 9.76. The van der Waals surface area contributed by atoms with Gasteiger partial charge in [-0.15, -0.1) is 0 Å². The summed E-state index contributed by atoms with van der Waals surface area (Å²) in [4.78, 5) is 23.4. The molecule has 0 bridgehead atoms. The maximum atomic E-state index is 11.9. The van der Waals surface area contributed by atoms with Crippen molar-refractivity contribution in [3.63, 3.8) is 0 Å². The number of fused-ring (bicyclic) bond motifs is 1. The number of methoxy groups -OCH3 is 1. The molecule has 0 unspecified atom stereocenters. The standard InChI is InChI=1S/C14H15N3O2S/c1-19-10-5-9(6-15-7-10)8-20-14-16-12-4-2-3-11(12)13(18)17-14/h5-7H,2-4,8H2,1H3,(H,16,17,18). The van der Waals surface area contributed by atoms with Crippen LogP contribution in [0.15, 0.2) is 28.4 Å². The number of rotatable bonds is 4. The van der Waals surface area contributed by atoms with E-state index in [0.717, 1.165) is 41.8 Å². The fraction of sp³-hybridized carbons (Fsp3) is 0.357. The highest BCUT2D eigenvalue weighted by atomic mass is 32.2. The van der Waals surface area contributed by atoms with Gasteiger partial charge in [0.2, 0.25) is 0 Å². The Morgan fingerprint density at radius 3 is 3.15 bits per heavy atom. The lowest BCUT2D eigenvalue weighted by Crippen LogP contribution is -2.14. The summed E-state index contributed by atoms with van der Waals surface area (Å²) in [7, 11) is 1.62. The smallest absolute Gasteiger partial charge is 0.254 e. The van der Waals surface area contributed by atoms with Crippen molar-refractivity contribution < 1.29 is 4.74 Å². The van der Waals surface area contributed by atoms with E-state index in [-0.39, 0.29) is 5.56 Å². The van der Waals surface area contributed by atoms with E-state index in [1.807, 2.05) is 6.07 Å². The van der Waals surface area contributed by atoms with Gasteiger partial charge in [0.25, 0.3) is 5.56 Å². The molecule has 2 heterocycles. The van der Waals surface area contributed by atoms with E-state index in [4.69, 9.17) is 4.74 Å². The quantitative estimate of drug-likeness (QED) is 0.688. The minimum atomic E-state index is 0.0127. The summed E-state index contributed by atoms with van der Waals surface area (Å²) in [6.07, 6.45) is 6.25. The second-order valence-corrected chi connectivity index (χ2v) is 5.64. The van der Waals surface area contributed by atoms with E-state index in [2.05, 4.69) is 15.0 Å². The maximum absolute atomic E-state index is 11.9. The molecule has 20 heavy (non-hydrogen) atoms. The minimum Gasteiger partial charge on any atom is -0.495 e. The molecule has 2 aromatic rings. The molecule has 1 aliphatic rings. The Labute approximate surface area is 120 Å². The first-order valence-electron chi connectivity index (χ1n) is 6.49. The van der Waals surface area contributed by atoms with Gasteiger partial charge in [-0.05, 0) is 30.9 Å². The van der Waals surface area contributed by atoms with E-state index in [0.29, 0.717) is 10.9 Å². The topological polar surface area (TPSA) is 67.9 Å². The van der Waals surface area contributed by atoms with Crippen LogP contribution in [-0.2, 0) is 18.6 Å². The van der Waals surface area contributed by atoms with E-state index >= 15 is 0 Å². The highest BCUT2D eigenvalue weighted by Crippen LogP contribution is 2.23. The zero-order chi connectivity index (χ0) is 13.9. The molecular formula is C14H15N3O2S. The highest BCUT2D eigenvalue weighted by Gasteiger charge is 2.17. The monoisotopic (exact) mass is 289 g/mol. The van der Waals surface area contributed by atoms with E-state index < -0.39 is 0 Å². The highest BCUT2D eigenvalue weighted by molar-refractivity contribution is 7.98. The van der Waals surface area contributed by atoms with Gasteiger partial charge in [-0.1, -0.05) is 11.8 Å². The lowest BCUT2D eigenvalue weighted by atomic mass is 10.3. The van der Waals surface area contributed by atoms with Crippen LogP contribution in [0.25, 0.3) is 0 Å². The van der Waals surface area contributed by atoms with Crippen LogP contribution in [0, 0.1) is 0 Å². The van der Waals surface area contributed by atoms with Crippen LogP contribution in [0.2, 0.25) is 0 Å². The second kappa shape index (κ2) is 5.66. The van der Waals surface area contributed by atoms with Gasteiger partial charge < -0.3 is 9.72 Å². The van der Waals surface area contributed by atoms with Crippen LogP contribution in [0.5, 0.6) is 5.75 Å². The van der Waals surface area contributed by atoms with Crippen LogP contribution in [-0.4, -0.2) is 22.1 Å². The Bertz CT molecular complexity index is 684. The summed E-state index contributed by atoms with van der Waals surface area (Å²) in [5.41, 5.74) is 2.87. The van der Waals surface area contributed by atoms with Crippen molar-refractivity contribution in [3.8, 4) is 5.75 Å². The van der Waals surface area contributed by atoms with Crippen molar-refractivity contribution in [3.05, 3.63) is 45.6 Å². The third-order valence-electron chi connectivity index (χ3n) is 3.30. The molecule has 0 saturated heterocycles. The van der Waals surface area contributed by atoms with Crippen LogP contribution < -0.4 is 10.3 Å². The Balaban J connectivity index is 1.75. The second-order valence-electron chi connectivity index (χ2n) is 4.67. The van der Waals surface area contributed by atoms with Crippen molar-refractivity contribution in [2.75, 3.05) is 7.11 Å². The van der Waals surface area contributed by atoms with Gasteiger partial charge in [0.1, 0.15) is 5.75 Å². The summed E-state index contributed by atoms with van der Waals surface area (Å²) < 4.78 is 5.14. The largest absolute Gasteiger partial charge is 0.495 e. The van der Waals surface area contributed by atoms with Crippen LogP contribution in [0.4, 0.5) is 0 Å². The summed E-state index contributed by atoms with van der Waals surface area (Å²) in [6, 6.07) is 1.94. The molecule has 0 radical (unpaired) electrons. The van der Waals surface area contributed by atoms with E-state index in [9.17, 15) is 4.79 Å². The first kappa shape index (κ1) is 13.2. The maximum Gasteiger partial charge on any atom is 0.254 e. The fourth-order valence-electron chi connectivity index (χ4n) is 2.29. The number of nitrogens with one attached hydrogen (secondary N) is 1. The molecule has 1 N–H and O–H groups in total. The summed E-state index contributed by atoms with van der Waals surface area (Å²) in [5, 5.41) is 0.679. The lowest BCUT2D eigenvalue weighted by Gasteiger charge is -2.05. The van der Waals surface area contributed by atoms with Gasteiger partial charge in [-0.3, -0.25) is 9.78 Å². The molecule has 0 saturated carbocycles. The number of aromatic amines is 1. The molecule has 0 spiro atoms. The van der Waals surface area contributed by atoms with Crippen LogP contribution in [0.3, 0.4) is 0 Å². The normalized spacial score (nSPS) is 13.2. The molecule has 2 aromatic heterocycles. The number of H-pyrrole nitrogens is 1. The van der Waals surface area contributed by atoms with Crippen molar-refractivity contribution in [1.29, 1.82) is 0 Å².